The van der Waals surface area contributed by atoms with Crippen LogP contribution >= 0.6 is 0 Å². The Morgan fingerprint density at radius 1 is 1.05 bits per heavy atom. The smallest absolute Gasteiger partial charge is 0.135 e. The summed E-state index contributed by atoms with van der Waals surface area (Å²) in [6.45, 7) is 7.12. The Kier molecular flexibility index (Phi) is 5.14. The van der Waals surface area contributed by atoms with Gasteiger partial charge in [0.15, 0.2) is 0 Å². The first-order valence-electron chi connectivity index (χ1n) is 7.46. The number of hydrogen-bond acceptors (Lipinski definition) is 4. The van der Waals surface area contributed by atoms with Crippen molar-refractivity contribution in [3.8, 4) is 0 Å². The molecule has 0 atom stereocenters. The first-order chi connectivity index (χ1) is 10.1. The summed E-state index contributed by atoms with van der Waals surface area (Å²) in [4.78, 5) is 9.20. The summed E-state index contributed by atoms with van der Waals surface area (Å²) in [6.07, 6.45) is 0.982. The Labute approximate surface area is 127 Å². The Morgan fingerprint density at radius 3 is 2.33 bits per heavy atom. The van der Waals surface area contributed by atoms with Crippen molar-refractivity contribution < 1.29 is 0 Å². The van der Waals surface area contributed by atoms with Crippen LogP contribution in [-0.4, -0.2) is 23.6 Å². The molecule has 4 heteroatoms. The van der Waals surface area contributed by atoms with E-state index >= 15 is 0 Å². The second-order valence-electron chi connectivity index (χ2n) is 5.47. The number of aromatic nitrogens is 2. The van der Waals surface area contributed by atoms with Gasteiger partial charge in [-0.25, -0.2) is 9.97 Å². The van der Waals surface area contributed by atoms with Crippen LogP contribution in [0.3, 0.4) is 0 Å². The quantitative estimate of drug-likeness (QED) is 0.851. The van der Waals surface area contributed by atoms with Gasteiger partial charge in [0.1, 0.15) is 17.5 Å². The molecule has 0 aliphatic heterocycles. The maximum Gasteiger partial charge on any atom is 0.135 e. The number of nitrogens with zero attached hydrogens (tertiary/aromatic N) is 2. The van der Waals surface area contributed by atoms with Gasteiger partial charge in [0, 0.05) is 25.1 Å². The number of nitrogens with one attached hydrogen (secondary N) is 2. The van der Waals surface area contributed by atoms with Crippen LogP contribution in [0.15, 0.2) is 30.3 Å². The highest BCUT2D eigenvalue weighted by molar-refractivity contribution is 5.57. The minimum atomic E-state index is 0.312. The predicted molar refractivity (Wildman–Crippen MR) is 89.0 cm³/mol. The zero-order valence-electron chi connectivity index (χ0n) is 13.3. The van der Waals surface area contributed by atoms with Gasteiger partial charge in [0.05, 0.1) is 0 Å². The SMILES string of the molecule is CNc1nc(C(C)C)nc(NCCc2ccccc2)c1C. The largest absolute Gasteiger partial charge is 0.373 e. The Morgan fingerprint density at radius 2 is 1.71 bits per heavy atom. The molecule has 112 valence electrons. The van der Waals surface area contributed by atoms with Crippen LogP contribution in [0.5, 0.6) is 0 Å². The van der Waals surface area contributed by atoms with Crippen molar-refractivity contribution in [2.75, 3.05) is 24.2 Å². The lowest BCUT2D eigenvalue weighted by molar-refractivity contribution is 0.773. The van der Waals surface area contributed by atoms with Gasteiger partial charge in [0.2, 0.25) is 0 Å². The van der Waals surface area contributed by atoms with Crippen molar-refractivity contribution in [2.45, 2.75) is 33.1 Å². The zero-order chi connectivity index (χ0) is 15.2. The Bertz CT molecular complexity index is 579. The lowest BCUT2D eigenvalue weighted by Crippen LogP contribution is -2.12. The number of rotatable bonds is 6. The third-order valence-corrected chi connectivity index (χ3v) is 3.47. The molecule has 1 heterocycles. The van der Waals surface area contributed by atoms with Crippen molar-refractivity contribution in [1.82, 2.24) is 9.97 Å². The monoisotopic (exact) mass is 284 g/mol. The highest BCUT2D eigenvalue weighted by atomic mass is 15.1. The molecule has 0 saturated carbocycles. The van der Waals surface area contributed by atoms with E-state index in [1.807, 2.05) is 20.0 Å². The van der Waals surface area contributed by atoms with Crippen LogP contribution in [0.4, 0.5) is 11.6 Å². The summed E-state index contributed by atoms with van der Waals surface area (Å²) in [6, 6.07) is 10.5. The summed E-state index contributed by atoms with van der Waals surface area (Å²) in [5.74, 6) is 3.00. The Hall–Kier alpha value is -2.10. The molecule has 2 N–H and O–H groups in total. The van der Waals surface area contributed by atoms with Gasteiger partial charge in [0.25, 0.3) is 0 Å². The van der Waals surface area contributed by atoms with E-state index < -0.39 is 0 Å². The zero-order valence-corrected chi connectivity index (χ0v) is 13.3. The molecule has 0 fully saturated rings. The molecule has 0 amide bonds. The number of benzene rings is 1. The van der Waals surface area contributed by atoms with E-state index in [1.165, 1.54) is 5.56 Å². The van der Waals surface area contributed by atoms with Gasteiger partial charge < -0.3 is 10.6 Å². The first-order valence-corrected chi connectivity index (χ1v) is 7.46. The molecule has 1 aromatic carbocycles. The second-order valence-corrected chi connectivity index (χ2v) is 5.47. The minimum absolute atomic E-state index is 0.312. The maximum absolute atomic E-state index is 4.65. The molecular weight excluding hydrogens is 260 g/mol. The molecule has 1 aromatic heterocycles. The molecular formula is C17H24N4. The fourth-order valence-electron chi connectivity index (χ4n) is 2.18. The van der Waals surface area contributed by atoms with Crippen LogP contribution in [0, 0.1) is 6.92 Å². The molecule has 0 spiro atoms. The van der Waals surface area contributed by atoms with E-state index in [0.717, 1.165) is 36.0 Å². The van der Waals surface area contributed by atoms with Gasteiger partial charge in [-0.3, -0.25) is 0 Å². The van der Waals surface area contributed by atoms with Crippen LogP contribution < -0.4 is 10.6 Å². The van der Waals surface area contributed by atoms with Crippen LogP contribution in [-0.2, 0) is 6.42 Å². The van der Waals surface area contributed by atoms with E-state index in [9.17, 15) is 0 Å². The fourth-order valence-corrected chi connectivity index (χ4v) is 2.18. The normalized spacial score (nSPS) is 10.7. The van der Waals surface area contributed by atoms with E-state index in [1.54, 1.807) is 0 Å². The fraction of sp³-hybridized carbons (Fsp3) is 0.412. The lowest BCUT2D eigenvalue weighted by Gasteiger charge is -2.15. The average molecular weight is 284 g/mol. The number of anilines is 2. The van der Waals surface area contributed by atoms with Crippen molar-refractivity contribution in [2.24, 2.45) is 0 Å². The van der Waals surface area contributed by atoms with Crippen LogP contribution in [0.1, 0.15) is 36.7 Å². The molecule has 2 rings (SSSR count). The van der Waals surface area contributed by atoms with Crippen molar-refractivity contribution in [3.63, 3.8) is 0 Å². The lowest BCUT2D eigenvalue weighted by atomic mass is 10.1. The summed E-state index contributed by atoms with van der Waals surface area (Å²) >= 11 is 0. The summed E-state index contributed by atoms with van der Waals surface area (Å²) in [5.41, 5.74) is 2.39. The molecule has 4 nitrogen and oxygen atoms in total. The molecule has 0 unspecified atom stereocenters. The predicted octanol–water partition coefficient (Wildman–Crippen LogP) is 3.60. The number of hydrogen-bond donors (Lipinski definition) is 2. The minimum Gasteiger partial charge on any atom is -0.373 e. The van der Waals surface area contributed by atoms with Gasteiger partial charge in [-0.2, -0.15) is 0 Å². The molecule has 0 aliphatic carbocycles. The van der Waals surface area contributed by atoms with E-state index in [2.05, 4.69) is 58.7 Å². The van der Waals surface area contributed by atoms with E-state index in [-0.39, 0.29) is 0 Å². The second kappa shape index (κ2) is 7.07. The maximum atomic E-state index is 4.65. The van der Waals surface area contributed by atoms with Crippen molar-refractivity contribution in [1.29, 1.82) is 0 Å². The summed E-state index contributed by atoms with van der Waals surface area (Å²) in [7, 11) is 1.90. The van der Waals surface area contributed by atoms with Crippen molar-refractivity contribution in [3.05, 3.63) is 47.3 Å². The topological polar surface area (TPSA) is 49.8 Å². The molecule has 2 aromatic rings. The standard InChI is InChI=1S/C17H24N4/c1-12(2)15-20-16(18-4)13(3)17(21-15)19-11-10-14-8-6-5-7-9-14/h5-9,12H,10-11H2,1-4H3,(H2,18,19,20,21). The molecule has 0 radical (unpaired) electrons. The van der Waals surface area contributed by atoms with Crippen LogP contribution in [0.2, 0.25) is 0 Å². The summed E-state index contributed by atoms with van der Waals surface area (Å²) in [5, 5.41) is 6.59. The van der Waals surface area contributed by atoms with E-state index in [0.29, 0.717) is 5.92 Å². The van der Waals surface area contributed by atoms with Gasteiger partial charge in [-0.1, -0.05) is 44.2 Å². The average Bonchev–Trinajstić information content (AvgIpc) is 2.49. The summed E-state index contributed by atoms with van der Waals surface area (Å²) < 4.78 is 0. The van der Waals surface area contributed by atoms with Crippen LogP contribution in [0.25, 0.3) is 0 Å². The van der Waals surface area contributed by atoms with Crippen molar-refractivity contribution >= 4 is 11.6 Å². The highest BCUT2D eigenvalue weighted by Crippen LogP contribution is 2.22. The molecule has 0 aliphatic rings. The Balaban J connectivity index is 2.10. The van der Waals surface area contributed by atoms with Gasteiger partial charge in [-0.15, -0.1) is 0 Å². The molecule has 0 bridgehead atoms. The first kappa shape index (κ1) is 15.3. The van der Waals surface area contributed by atoms with Gasteiger partial charge >= 0.3 is 0 Å². The third kappa shape index (κ3) is 3.94. The third-order valence-electron chi connectivity index (χ3n) is 3.47. The molecule has 0 saturated heterocycles. The van der Waals surface area contributed by atoms with Gasteiger partial charge in [-0.05, 0) is 18.9 Å². The van der Waals surface area contributed by atoms with E-state index in [4.69, 9.17) is 0 Å². The molecule has 21 heavy (non-hydrogen) atoms. The highest BCUT2D eigenvalue weighted by Gasteiger charge is 2.11.